The highest BCUT2D eigenvalue weighted by atomic mass is 16.5. The summed E-state index contributed by atoms with van der Waals surface area (Å²) in [5.41, 5.74) is 1.31. The Balaban J connectivity index is 1.83. The number of ether oxygens (including phenoxy) is 2. The van der Waals surface area contributed by atoms with Crippen molar-refractivity contribution in [3.63, 3.8) is 0 Å². The molecule has 3 rings (SSSR count). The number of nitrogens with zero attached hydrogens (tertiary/aromatic N) is 3. The normalized spacial score (nSPS) is 16.1. The van der Waals surface area contributed by atoms with Crippen molar-refractivity contribution in [2.75, 3.05) is 37.1 Å². The van der Waals surface area contributed by atoms with Crippen LogP contribution < -0.4 is 15.0 Å². The Morgan fingerprint density at radius 3 is 2.82 bits per heavy atom. The smallest absolute Gasteiger partial charge is 0.343 e. The number of esters is 1. The summed E-state index contributed by atoms with van der Waals surface area (Å²) in [5.74, 6) is 1.24. The molecule has 0 radical (unpaired) electrons. The molecule has 1 fully saturated rings. The summed E-state index contributed by atoms with van der Waals surface area (Å²) in [4.78, 5) is 23.2. The molecule has 0 spiro atoms. The summed E-state index contributed by atoms with van der Waals surface area (Å²) < 4.78 is 10.3. The van der Waals surface area contributed by atoms with Crippen LogP contribution in [0.2, 0.25) is 0 Å². The number of benzene rings is 1. The van der Waals surface area contributed by atoms with Gasteiger partial charge >= 0.3 is 5.97 Å². The Morgan fingerprint density at radius 2 is 2.14 bits per heavy atom. The maximum Gasteiger partial charge on any atom is 0.343 e. The molecule has 28 heavy (non-hydrogen) atoms. The molecule has 8 heteroatoms. The van der Waals surface area contributed by atoms with E-state index in [0.29, 0.717) is 23.9 Å². The summed E-state index contributed by atoms with van der Waals surface area (Å²) in [6.45, 7) is 3.35. The molecule has 1 aromatic heterocycles. The number of anilines is 2. The number of hydrogen-bond donors (Lipinski definition) is 2. The van der Waals surface area contributed by atoms with E-state index in [1.54, 1.807) is 14.0 Å². The lowest BCUT2D eigenvalue weighted by atomic mass is 10.2. The Morgan fingerprint density at radius 1 is 1.36 bits per heavy atom. The monoisotopic (exact) mass is 386 g/mol. The number of carbonyl (C=O) groups is 1. The zero-order valence-electron chi connectivity index (χ0n) is 16.2. The van der Waals surface area contributed by atoms with Crippen molar-refractivity contribution in [1.29, 1.82) is 0 Å². The highest BCUT2D eigenvalue weighted by molar-refractivity contribution is 5.94. The van der Waals surface area contributed by atoms with Gasteiger partial charge in [0.1, 0.15) is 17.1 Å². The zero-order valence-corrected chi connectivity index (χ0v) is 16.2. The van der Waals surface area contributed by atoms with Crippen molar-refractivity contribution in [2.45, 2.75) is 32.4 Å². The van der Waals surface area contributed by atoms with Crippen LogP contribution in [0.5, 0.6) is 5.75 Å². The van der Waals surface area contributed by atoms with Gasteiger partial charge in [0.05, 0.1) is 26.4 Å². The molecule has 0 bridgehead atoms. The summed E-state index contributed by atoms with van der Waals surface area (Å²) >= 11 is 0. The van der Waals surface area contributed by atoms with Crippen LogP contribution in [0.4, 0.5) is 11.8 Å². The molecule has 0 amide bonds. The molecule has 0 aliphatic carbocycles. The Labute approximate surface area is 164 Å². The van der Waals surface area contributed by atoms with E-state index in [1.165, 1.54) is 6.20 Å². The molecule has 1 aliphatic heterocycles. The average Bonchev–Trinajstić information content (AvgIpc) is 3.21. The quantitative estimate of drug-likeness (QED) is 0.667. The van der Waals surface area contributed by atoms with Gasteiger partial charge in [0, 0.05) is 19.3 Å². The van der Waals surface area contributed by atoms with Gasteiger partial charge in [-0.2, -0.15) is 4.98 Å². The number of nitrogens with one attached hydrogen (secondary N) is 1. The molecule has 2 heterocycles. The van der Waals surface area contributed by atoms with E-state index in [2.05, 4.69) is 15.3 Å². The van der Waals surface area contributed by atoms with Crippen LogP contribution >= 0.6 is 0 Å². The third-order valence-corrected chi connectivity index (χ3v) is 4.74. The average molecular weight is 386 g/mol. The number of rotatable bonds is 8. The van der Waals surface area contributed by atoms with Crippen molar-refractivity contribution in [2.24, 2.45) is 0 Å². The fourth-order valence-electron chi connectivity index (χ4n) is 3.22. The zero-order chi connectivity index (χ0) is 19.9. The maximum atomic E-state index is 12.3. The first-order valence-corrected chi connectivity index (χ1v) is 9.44. The maximum absolute atomic E-state index is 12.3. The fourth-order valence-corrected chi connectivity index (χ4v) is 3.22. The largest absolute Gasteiger partial charge is 0.497 e. The van der Waals surface area contributed by atoms with Crippen LogP contribution in [0, 0.1) is 0 Å². The minimum absolute atomic E-state index is 0.00267. The van der Waals surface area contributed by atoms with Gasteiger partial charge in [0.25, 0.3) is 0 Å². The predicted molar refractivity (Wildman–Crippen MR) is 106 cm³/mol. The van der Waals surface area contributed by atoms with Gasteiger partial charge in [0.15, 0.2) is 0 Å². The van der Waals surface area contributed by atoms with Gasteiger partial charge in [0.2, 0.25) is 5.95 Å². The second-order valence-corrected chi connectivity index (χ2v) is 6.53. The SMILES string of the molecule is CCOC(=O)c1cnc(N2CCCC2CO)nc1NCc1ccc(OC)cc1. The van der Waals surface area contributed by atoms with Gasteiger partial charge in [-0.15, -0.1) is 0 Å². The van der Waals surface area contributed by atoms with Crippen LogP contribution in [0.1, 0.15) is 35.7 Å². The summed E-state index contributed by atoms with van der Waals surface area (Å²) in [6.07, 6.45) is 3.36. The Kier molecular flexibility index (Phi) is 6.65. The van der Waals surface area contributed by atoms with Crippen molar-refractivity contribution < 1.29 is 19.4 Å². The van der Waals surface area contributed by atoms with Gasteiger partial charge in [-0.3, -0.25) is 0 Å². The molecular weight excluding hydrogens is 360 g/mol. The van der Waals surface area contributed by atoms with E-state index < -0.39 is 5.97 Å². The van der Waals surface area contributed by atoms with Crippen LogP contribution in [-0.4, -0.2) is 54.0 Å². The summed E-state index contributed by atoms with van der Waals surface area (Å²) in [5, 5.41) is 12.8. The third-order valence-electron chi connectivity index (χ3n) is 4.74. The molecular formula is C20H26N4O4. The van der Waals surface area contributed by atoms with E-state index in [4.69, 9.17) is 9.47 Å². The Hall–Kier alpha value is -2.87. The van der Waals surface area contributed by atoms with E-state index >= 15 is 0 Å². The minimum Gasteiger partial charge on any atom is -0.497 e. The first-order valence-electron chi connectivity index (χ1n) is 9.44. The fraction of sp³-hybridized carbons (Fsp3) is 0.450. The van der Waals surface area contributed by atoms with Gasteiger partial charge < -0.3 is 24.8 Å². The molecule has 2 aromatic rings. The van der Waals surface area contributed by atoms with Crippen molar-refractivity contribution >= 4 is 17.7 Å². The predicted octanol–water partition coefficient (Wildman–Crippen LogP) is 2.24. The van der Waals surface area contributed by atoms with Crippen molar-refractivity contribution in [3.8, 4) is 5.75 Å². The molecule has 1 unspecified atom stereocenters. The van der Waals surface area contributed by atoms with Gasteiger partial charge in [-0.05, 0) is 37.5 Å². The molecule has 1 aliphatic rings. The number of methoxy groups -OCH3 is 1. The van der Waals surface area contributed by atoms with E-state index in [0.717, 1.165) is 30.7 Å². The Bertz CT molecular complexity index is 797. The van der Waals surface area contributed by atoms with Crippen molar-refractivity contribution in [1.82, 2.24) is 9.97 Å². The van der Waals surface area contributed by atoms with Crippen molar-refractivity contribution in [3.05, 3.63) is 41.6 Å². The second-order valence-electron chi connectivity index (χ2n) is 6.53. The topological polar surface area (TPSA) is 96.8 Å². The van der Waals surface area contributed by atoms with Crippen LogP contribution in [0.25, 0.3) is 0 Å². The number of aliphatic hydroxyl groups is 1. The molecule has 1 atom stereocenters. The minimum atomic E-state index is -0.466. The number of aromatic nitrogens is 2. The lowest BCUT2D eigenvalue weighted by Gasteiger charge is -2.23. The number of aliphatic hydroxyl groups excluding tert-OH is 1. The van der Waals surface area contributed by atoms with Crippen LogP contribution in [0.3, 0.4) is 0 Å². The lowest BCUT2D eigenvalue weighted by molar-refractivity contribution is 0.0526. The number of carbonyl (C=O) groups excluding carboxylic acids is 1. The first-order chi connectivity index (χ1) is 13.7. The number of hydrogen-bond acceptors (Lipinski definition) is 8. The van der Waals surface area contributed by atoms with Crippen LogP contribution in [-0.2, 0) is 11.3 Å². The lowest BCUT2D eigenvalue weighted by Crippen LogP contribution is -2.33. The van der Waals surface area contributed by atoms with Crippen LogP contribution in [0.15, 0.2) is 30.5 Å². The molecule has 1 saturated heterocycles. The molecule has 150 valence electrons. The summed E-state index contributed by atoms with van der Waals surface area (Å²) in [7, 11) is 1.62. The van der Waals surface area contributed by atoms with E-state index in [9.17, 15) is 9.90 Å². The molecule has 0 saturated carbocycles. The van der Waals surface area contributed by atoms with Gasteiger partial charge in [-0.25, -0.2) is 9.78 Å². The second kappa shape index (κ2) is 9.36. The van der Waals surface area contributed by atoms with E-state index in [1.807, 2.05) is 29.2 Å². The van der Waals surface area contributed by atoms with Gasteiger partial charge in [-0.1, -0.05) is 12.1 Å². The van der Waals surface area contributed by atoms with E-state index in [-0.39, 0.29) is 19.3 Å². The third kappa shape index (κ3) is 4.51. The standard InChI is InChI=1S/C20H26N4O4/c1-3-28-19(26)17-12-22-20(24-10-4-5-15(24)13-25)23-18(17)21-11-14-6-8-16(27-2)9-7-14/h6-9,12,15,25H,3-5,10-11,13H2,1-2H3,(H,21,22,23). The molecule has 8 nitrogen and oxygen atoms in total. The first kappa shape index (κ1) is 19.9. The highest BCUT2D eigenvalue weighted by Crippen LogP contribution is 2.25. The molecule has 1 aromatic carbocycles. The molecule has 2 N–H and O–H groups in total. The summed E-state index contributed by atoms with van der Waals surface area (Å²) in [6, 6.07) is 7.65. The highest BCUT2D eigenvalue weighted by Gasteiger charge is 2.27.